The quantitative estimate of drug-likeness (QED) is 0.905. The molecule has 1 aliphatic carbocycles. The van der Waals surface area contributed by atoms with Crippen LogP contribution in [0.5, 0.6) is 0 Å². The van der Waals surface area contributed by atoms with Crippen LogP contribution in [0.2, 0.25) is 0 Å². The Morgan fingerprint density at radius 1 is 1.10 bits per heavy atom. The summed E-state index contributed by atoms with van der Waals surface area (Å²) in [4.78, 5) is 11.8. The van der Waals surface area contributed by atoms with Crippen molar-refractivity contribution in [3.63, 3.8) is 0 Å². The molecule has 0 radical (unpaired) electrons. The van der Waals surface area contributed by atoms with Crippen molar-refractivity contribution in [3.8, 4) is 0 Å². The average Bonchev–Trinajstić information content (AvgIpc) is 2.78. The molecular weight excluding hydrogens is 318 g/mol. The molecule has 0 saturated heterocycles. The Bertz CT molecular complexity index is 644. The minimum Gasteiger partial charge on any atom is -0.479 e. The van der Waals surface area contributed by atoms with Crippen molar-refractivity contribution in [2.24, 2.45) is 0 Å². The van der Waals surface area contributed by atoms with Crippen LogP contribution in [0.15, 0.2) is 53.0 Å². The van der Waals surface area contributed by atoms with E-state index < -0.39 is 11.5 Å². The maximum Gasteiger partial charge on any atom is 0.330 e. The lowest BCUT2D eigenvalue weighted by molar-refractivity contribution is -0.142. The average molecular weight is 332 g/mol. The zero-order valence-corrected chi connectivity index (χ0v) is 12.4. The van der Waals surface area contributed by atoms with E-state index in [0.717, 1.165) is 21.3 Å². The SMILES string of the molecule is O=C(O)C1(Nc2cccc(Br)c2)Cc2ccccc2C1. The molecule has 3 rings (SSSR count). The second kappa shape index (κ2) is 4.94. The summed E-state index contributed by atoms with van der Waals surface area (Å²) in [5, 5.41) is 12.9. The lowest BCUT2D eigenvalue weighted by Crippen LogP contribution is -2.47. The fraction of sp³-hybridized carbons (Fsp3) is 0.188. The normalized spacial score (nSPS) is 15.7. The van der Waals surface area contributed by atoms with Crippen molar-refractivity contribution in [2.45, 2.75) is 18.4 Å². The molecule has 2 aromatic carbocycles. The topological polar surface area (TPSA) is 49.3 Å². The maximum absolute atomic E-state index is 11.8. The predicted molar refractivity (Wildman–Crippen MR) is 82.0 cm³/mol. The predicted octanol–water partition coefficient (Wildman–Crippen LogP) is 3.48. The number of carboxylic acid groups (broad SMARTS) is 1. The molecule has 0 heterocycles. The molecule has 102 valence electrons. The summed E-state index contributed by atoms with van der Waals surface area (Å²) in [5.74, 6) is -0.811. The standard InChI is InChI=1S/C16H14BrNO2/c17-13-6-3-7-14(8-13)18-16(15(19)20)9-11-4-1-2-5-12(11)10-16/h1-8,18H,9-10H2,(H,19,20). The van der Waals surface area contributed by atoms with Crippen LogP contribution in [0, 0.1) is 0 Å². The van der Waals surface area contributed by atoms with Crippen LogP contribution < -0.4 is 5.32 Å². The third kappa shape index (κ3) is 2.31. The maximum atomic E-state index is 11.8. The Morgan fingerprint density at radius 3 is 2.30 bits per heavy atom. The number of hydrogen-bond donors (Lipinski definition) is 2. The highest BCUT2D eigenvalue weighted by atomic mass is 79.9. The molecule has 4 heteroatoms. The summed E-state index contributed by atoms with van der Waals surface area (Å²) in [6.07, 6.45) is 1.01. The lowest BCUT2D eigenvalue weighted by atomic mass is 9.95. The van der Waals surface area contributed by atoms with Crippen molar-refractivity contribution in [1.82, 2.24) is 0 Å². The van der Waals surface area contributed by atoms with Crippen LogP contribution in [-0.2, 0) is 17.6 Å². The molecule has 0 fully saturated rings. The highest BCUT2D eigenvalue weighted by molar-refractivity contribution is 9.10. The molecule has 0 amide bonds. The molecule has 3 nitrogen and oxygen atoms in total. The van der Waals surface area contributed by atoms with Crippen LogP contribution in [0.25, 0.3) is 0 Å². The van der Waals surface area contributed by atoms with E-state index in [1.54, 1.807) is 0 Å². The van der Waals surface area contributed by atoms with Gasteiger partial charge in [0.15, 0.2) is 0 Å². The van der Waals surface area contributed by atoms with E-state index in [9.17, 15) is 9.90 Å². The van der Waals surface area contributed by atoms with Gasteiger partial charge in [0.1, 0.15) is 5.54 Å². The van der Waals surface area contributed by atoms with Gasteiger partial charge in [-0.15, -0.1) is 0 Å². The molecule has 0 bridgehead atoms. The van der Waals surface area contributed by atoms with E-state index in [1.807, 2.05) is 48.5 Å². The first-order chi connectivity index (χ1) is 9.59. The number of hydrogen-bond acceptors (Lipinski definition) is 2. The molecule has 0 unspecified atom stereocenters. The summed E-state index contributed by atoms with van der Waals surface area (Å²) in [6, 6.07) is 15.5. The van der Waals surface area contributed by atoms with E-state index in [-0.39, 0.29) is 0 Å². The van der Waals surface area contributed by atoms with Gasteiger partial charge in [0.2, 0.25) is 0 Å². The van der Waals surface area contributed by atoms with Crippen LogP contribution >= 0.6 is 15.9 Å². The molecule has 0 atom stereocenters. The number of halogens is 1. The summed E-state index contributed by atoms with van der Waals surface area (Å²) >= 11 is 3.41. The number of fused-ring (bicyclic) bond motifs is 1. The number of carbonyl (C=O) groups is 1. The molecule has 0 aromatic heterocycles. The third-order valence-corrected chi connectivity index (χ3v) is 4.21. The van der Waals surface area contributed by atoms with Gasteiger partial charge in [0, 0.05) is 23.0 Å². The minimum atomic E-state index is -0.954. The van der Waals surface area contributed by atoms with Gasteiger partial charge in [-0.1, -0.05) is 46.3 Å². The second-order valence-electron chi connectivity index (χ2n) is 5.14. The Kier molecular flexibility index (Phi) is 3.26. The Hall–Kier alpha value is -1.81. The van der Waals surface area contributed by atoms with Gasteiger partial charge < -0.3 is 10.4 Å². The zero-order chi connectivity index (χ0) is 14.2. The van der Waals surface area contributed by atoms with Crippen molar-refractivity contribution in [3.05, 3.63) is 64.1 Å². The smallest absolute Gasteiger partial charge is 0.330 e. The molecule has 2 N–H and O–H groups in total. The fourth-order valence-corrected chi connectivity index (χ4v) is 3.15. The Balaban J connectivity index is 1.94. The summed E-state index contributed by atoms with van der Waals surface area (Å²) < 4.78 is 0.929. The van der Waals surface area contributed by atoms with Crippen LogP contribution in [0.4, 0.5) is 5.69 Å². The van der Waals surface area contributed by atoms with Gasteiger partial charge in [-0.05, 0) is 29.3 Å². The first kappa shape index (κ1) is 13.2. The van der Waals surface area contributed by atoms with E-state index in [2.05, 4.69) is 21.2 Å². The molecule has 1 aliphatic rings. The molecule has 0 spiro atoms. The number of nitrogens with one attached hydrogen (secondary N) is 1. The van der Waals surface area contributed by atoms with Gasteiger partial charge >= 0.3 is 5.97 Å². The lowest BCUT2D eigenvalue weighted by Gasteiger charge is -2.27. The Morgan fingerprint density at radius 2 is 1.75 bits per heavy atom. The highest BCUT2D eigenvalue weighted by Crippen LogP contribution is 2.33. The van der Waals surface area contributed by atoms with E-state index in [0.29, 0.717) is 12.8 Å². The van der Waals surface area contributed by atoms with E-state index in [1.165, 1.54) is 0 Å². The summed E-state index contributed by atoms with van der Waals surface area (Å²) in [6.45, 7) is 0. The fourth-order valence-electron chi connectivity index (χ4n) is 2.75. The molecule has 0 aliphatic heterocycles. The highest BCUT2D eigenvalue weighted by Gasteiger charge is 2.44. The largest absolute Gasteiger partial charge is 0.479 e. The minimum absolute atomic E-state index is 0.505. The first-order valence-electron chi connectivity index (χ1n) is 6.43. The van der Waals surface area contributed by atoms with Crippen LogP contribution in [-0.4, -0.2) is 16.6 Å². The first-order valence-corrected chi connectivity index (χ1v) is 7.22. The summed E-state index contributed by atoms with van der Waals surface area (Å²) in [7, 11) is 0. The number of rotatable bonds is 3. The van der Waals surface area contributed by atoms with Crippen molar-refractivity contribution < 1.29 is 9.90 Å². The van der Waals surface area contributed by atoms with Crippen molar-refractivity contribution in [2.75, 3.05) is 5.32 Å². The molecule has 2 aromatic rings. The number of carboxylic acids is 1. The van der Waals surface area contributed by atoms with Gasteiger partial charge in [-0.25, -0.2) is 4.79 Å². The van der Waals surface area contributed by atoms with Gasteiger partial charge in [-0.3, -0.25) is 0 Å². The molecular formula is C16H14BrNO2. The van der Waals surface area contributed by atoms with Gasteiger partial charge in [0.25, 0.3) is 0 Å². The summed E-state index contributed by atoms with van der Waals surface area (Å²) in [5.41, 5.74) is 2.08. The van der Waals surface area contributed by atoms with Crippen LogP contribution in [0.1, 0.15) is 11.1 Å². The third-order valence-electron chi connectivity index (χ3n) is 3.72. The van der Waals surface area contributed by atoms with Gasteiger partial charge in [-0.2, -0.15) is 0 Å². The second-order valence-corrected chi connectivity index (χ2v) is 6.06. The van der Waals surface area contributed by atoms with E-state index >= 15 is 0 Å². The zero-order valence-electron chi connectivity index (χ0n) is 10.8. The van der Waals surface area contributed by atoms with E-state index in [4.69, 9.17) is 0 Å². The molecule has 20 heavy (non-hydrogen) atoms. The molecule has 0 saturated carbocycles. The van der Waals surface area contributed by atoms with Crippen molar-refractivity contribution in [1.29, 1.82) is 0 Å². The van der Waals surface area contributed by atoms with Crippen LogP contribution in [0.3, 0.4) is 0 Å². The van der Waals surface area contributed by atoms with Gasteiger partial charge in [0.05, 0.1) is 0 Å². The number of aliphatic carboxylic acids is 1. The monoisotopic (exact) mass is 331 g/mol. The number of anilines is 1. The number of benzene rings is 2. The Labute approximate surface area is 125 Å². The van der Waals surface area contributed by atoms with Crippen molar-refractivity contribution >= 4 is 27.6 Å².